The zero-order chi connectivity index (χ0) is 21.9. The lowest BCUT2D eigenvalue weighted by atomic mass is 10.0. The van der Waals surface area contributed by atoms with E-state index in [1.54, 1.807) is 20.4 Å². The number of ether oxygens (including phenoxy) is 2. The maximum absolute atomic E-state index is 5.47. The number of benzene rings is 3. The van der Waals surface area contributed by atoms with Crippen molar-refractivity contribution >= 4 is 10.9 Å². The number of methoxy groups -OCH3 is 2. The van der Waals surface area contributed by atoms with E-state index in [0.717, 1.165) is 22.0 Å². The minimum absolute atomic E-state index is 0.626. The van der Waals surface area contributed by atoms with E-state index in [4.69, 9.17) is 9.47 Å². The van der Waals surface area contributed by atoms with E-state index in [9.17, 15) is 0 Å². The van der Waals surface area contributed by atoms with E-state index in [1.807, 2.05) is 35.3 Å². The normalized spacial score (nSPS) is 10.9. The van der Waals surface area contributed by atoms with Crippen LogP contribution < -0.4 is 9.47 Å². The molecule has 0 aliphatic carbocycles. The van der Waals surface area contributed by atoms with Gasteiger partial charge in [-0.2, -0.15) is 15.3 Å². The standard InChI is InChI=1S/C26H22N4O2/c1-31-25-12-22-23(15-27-29-24(22)13-26(25)32-2)21-14-28-30(17-21)16-18-8-10-20(11-9-18)19-6-4-3-5-7-19/h3-15,17H,16H2,1-2H3. The molecule has 0 aliphatic rings. The first-order valence-corrected chi connectivity index (χ1v) is 10.3. The molecule has 0 N–H and O–H groups in total. The second kappa shape index (κ2) is 8.51. The van der Waals surface area contributed by atoms with Crippen molar-refractivity contribution in [2.45, 2.75) is 6.54 Å². The fraction of sp³-hybridized carbons (Fsp3) is 0.115. The lowest BCUT2D eigenvalue weighted by Gasteiger charge is -2.10. The second-order valence-corrected chi connectivity index (χ2v) is 7.47. The number of hydrogen-bond acceptors (Lipinski definition) is 5. The van der Waals surface area contributed by atoms with Crippen LogP contribution in [0.1, 0.15) is 5.56 Å². The lowest BCUT2D eigenvalue weighted by Crippen LogP contribution is -1.99. The quantitative estimate of drug-likeness (QED) is 0.375. The van der Waals surface area contributed by atoms with Gasteiger partial charge >= 0.3 is 0 Å². The molecule has 0 amide bonds. The summed E-state index contributed by atoms with van der Waals surface area (Å²) in [6.07, 6.45) is 5.63. The van der Waals surface area contributed by atoms with Crippen LogP contribution in [0.4, 0.5) is 0 Å². The molecule has 0 saturated carbocycles. The Bertz CT molecular complexity index is 1360. The Morgan fingerprint density at radius 2 is 1.50 bits per heavy atom. The molecule has 32 heavy (non-hydrogen) atoms. The average molecular weight is 422 g/mol. The molecular formula is C26H22N4O2. The molecule has 0 aliphatic heterocycles. The first kappa shape index (κ1) is 19.8. The summed E-state index contributed by atoms with van der Waals surface area (Å²) in [6, 6.07) is 22.7. The minimum Gasteiger partial charge on any atom is -0.493 e. The van der Waals surface area contributed by atoms with Gasteiger partial charge in [0.05, 0.1) is 38.7 Å². The first-order chi connectivity index (χ1) is 15.7. The molecule has 0 radical (unpaired) electrons. The largest absolute Gasteiger partial charge is 0.493 e. The number of fused-ring (bicyclic) bond motifs is 1. The van der Waals surface area contributed by atoms with Crippen LogP contribution in [0, 0.1) is 0 Å². The van der Waals surface area contributed by atoms with Gasteiger partial charge in [0, 0.05) is 28.8 Å². The Hall–Kier alpha value is -4.19. The number of hydrogen-bond donors (Lipinski definition) is 0. The molecule has 2 aromatic heterocycles. The van der Waals surface area contributed by atoms with E-state index in [1.165, 1.54) is 16.7 Å². The average Bonchev–Trinajstić information content (AvgIpc) is 3.32. The molecule has 2 heterocycles. The highest BCUT2D eigenvalue weighted by Gasteiger charge is 2.13. The Morgan fingerprint density at radius 3 is 2.25 bits per heavy atom. The molecule has 0 fully saturated rings. The number of nitrogens with zero attached hydrogens (tertiary/aromatic N) is 4. The van der Waals surface area contributed by atoms with Crippen LogP contribution >= 0.6 is 0 Å². The Balaban J connectivity index is 1.42. The van der Waals surface area contributed by atoms with Crippen LogP contribution in [0.15, 0.2) is 85.3 Å². The Kier molecular flexibility index (Phi) is 5.25. The molecule has 158 valence electrons. The zero-order valence-corrected chi connectivity index (χ0v) is 17.9. The van der Waals surface area contributed by atoms with E-state index < -0.39 is 0 Å². The maximum atomic E-state index is 5.47. The summed E-state index contributed by atoms with van der Waals surface area (Å²) in [5.74, 6) is 1.28. The molecule has 0 bridgehead atoms. The van der Waals surface area contributed by atoms with Crippen molar-refractivity contribution < 1.29 is 9.47 Å². The molecule has 6 nitrogen and oxygen atoms in total. The molecule has 5 rings (SSSR count). The zero-order valence-electron chi connectivity index (χ0n) is 17.9. The third-order valence-electron chi connectivity index (χ3n) is 5.49. The van der Waals surface area contributed by atoms with Gasteiger partial charge < -0.3 is 9.47 Å². The molecule has 0 saturated heterocycles. The van der Waals surface area contributed by atoms with Gasteiger partial charge in [-0.05, 0) is 22.8 Å². The molecular weight excluding hydrogens is 400 g/mol. The van der Waals surface area contributed by atoms with Crippen LogP contribution in [0.5, 0.6) is 11.5 Å². The summed E-state index contributed by atoms with van der Waals surface area (Å²) in [5, 5.41) is 13.9. The molecule has 5 aromatic rings. The van der Waals surface area contributed by atoms with E-state index in [2.05, 4.69) is 63.8 Å². The fourth-order valence-corrected chi connectivity index (χ4v) is 3.82. The van der Waals surface area contributed by atoms with Crippen molar-refractivity contribution in [2.24, 2.45) is 0 Å². The van der Waals surface area contributed by atoms with Crippen molar-refractivity contribution in [2.75, 3.05) is 14.2 Å². The van der Waals surface area contributed by atoms with E-state index in [0.29, 0.717) is 18.0 Å². The van der Waals surface area contributed by atoms with Gasteiger partial charge in [0.25, 0.3) is 0 Å². The van der Waals surface area contributed by atoms with Gasteiger partial charge in [0.2, 0.25) is 0 Å². The molecule has 0 unspecified atom stereocenters. The van der Waals surface area contributed by atoms with Gasteiger partial charge in [-0.1, -0.05) is 54.6 Å². The predicted octanol–water partition coefficient (Wildman–Crippen LogP) is 5.23. The summed E-state index contributed by atoms with van der Waals surface area (Å²) < 4.78 is 12.8. The van der Waals surface area contributed by atoms with Crippen molar-refractivity contribution in [1.29, 1.82) is 0 Å². The summed E-state index contributed by atoms with van der Waals surface area (Å²) in [4.78, 5) is 0. The van der Waals surface area contributed by atoms with Crippen molar-refractivity contribution in [3.63, 3.8) is 0 Å². The second-order valence-electron chi connectivity index (χ2n) is 7.47. The third-order valence-corrected chi connectivity index (χ3v) is 5.49. The van der Waals surface area contributed by atoms with Gasteiger partial charge in [-0.3, -0.25) is 4.68 Å². The van der Waals surface area contributed by atoms with Gasteiger partial charge in [0.15, 0.2) is 11.5 Å². The molecule has 6 heteroatoms. The third kappa shape index (κ3) is 3.78. The van der Waals surface area contributed by atoms with Gasteiger partial charge in [-0.25, -0.2) is 0 Å². The summed E-state index contributed by atoms with van der Waals surface area (Å²) in [5.41, 5.74) is 6.26. The minimum atomic E-state index is 0.626. The highest BCUT2D eigenvalue weighted by Crippen LogP contribution is 2.35. The summed E-state index contributed by atoms with van der Waals surface area (Å²) in [7, 11) is 3.23. The molecule has 3 aromatic carbocycles. The lowest BCUT2D eigenvalue weighted by molar-refractivity contribution is 0.356. The highest BCUT2D eigenvalue weighted by molar-refractivity contribution is 5.95. The van der Waals surface area contributed by atoms with Gasteiger partial charge in [-0.15, -0.1) is 0 Å². The van der Waals surface area contributed by atoms with E-state index in [-0.39, 0.29) is 0 Å². The van der Waals surface area contributed by atoms with Crippen molar-refractivity contribution in [3.8, 4) is 33.8 Å². The fourth-order valence-electron chi connectivity index (χ4n) is 3.82. The Morgan fingerprint density at radius 1 is 0.781 bits per heavy atom. The molecule has 0 atom stereocenters. The summed E-state index contributed by atoms with van der Waals surface area (Å²) >= 11 is 0. The predicted molar refractivity (Wildman–Crippen MR) is 125 cm³/mol. The first-order valence-electron chi connectivity index (χ1n) is 10.3. The monoisotopic (exact) mass is 422 g/mol. The Labute approximate surface area is 186 Å². The van der Waals surface area contributed by atoms with Crippen LogP contribution in [-0.4, -0.2) is 34.2 Å². The van der Waals surface area contributed by atoms with Crippen molar-refractivity contribution in [3.05, 3.63) is 90.9 Å². The topological polar surface area (TPSA) is 62.1 Å². The number of aromatic nitrogens is 4. The van der Waals surface area contributed by atoms with Crippen molar-refractivity contribution in [1.82, 2.24) is 20.0 Å². The maximum Gasteiger partial charge on any atom is 0.162 e. The van der Waals surface area contributed by atoms with E-state index >= 15 is 0 Å². The van der Waals surface area contributed by atoms with Crippen LogP contribution in [0.25, 0.3) is 33.2 Å². The van der Waals surface area contributed by atoms with Crippen LogP contribution in [0.2, 0.25) is 0 Å². The van der Waals surface area contributed by atoms with Gasteiger partial charge in [0.1, 0.15) is 0 Å². The molecule has 0 spiro atoms. The van der Waals surface area contributed by atoms with Crippen LogP contribution in [0.3, 0.4) is 0 Å². The number of rotatable bonds is 6. The van der Waals surface area contributed by atoms with Crippen LogP contribution in [-0.2, 0) is 6.54 Å². The highest BCUT2D eigenvalue weighted by atomic mass is 16.5. The SMILES string of the molecule is COc1cc2nncc(-c3cnn(Cc4ccc(-c5ccccc5)cc4)c3)c2cc1OC. The smallest absolute Gasteiger partial charge is 0.162 e. The summed E-state index contributed by atoms with van der Waals surface area (Å²) in [6.45, 7) is 0.683.